The molecule has 1 aliphatic heterocycles. The summed E-state index contributed by atoms with van der Waals surface area (Å²) in [7, 11) is 0. The largest absolute Gasteiger partial charge is 0.423 e. The maximum absolute atomic E-state index is 13.7. The number of hydrogen-bond acceptors (Lipinski definition) is 4. The highest BCUT2D eigenvalue weighted by Crippen LogP contribution is 2.31. The van der Waals surface area contributed by atoms with E-state index in [-0.39, 0.29) is 12.1 Å². The van der Waals surface area contributed by atoms with Gasteiger partial charge in [0.1, 0.15) is 11.1 Å². The van der Waals surface area contributed by atoms with E-state index in [1.54, 1.807) is 6.07 Å². The van der Waals surface area contributed by atoms with Gasteiger partial charge in [-0.05, 0) is 67.3 Å². The maximum Gasteiger partial charge on any atom is 0.336 e. The fourth-order valence-electron chi connectivity index (χ4n) is 3.63. The Bertz CT molecular complexity index is 1280. The zero-order chi connectivity index (χ0) is 21.8. The summed E-state index contributed by atoms with van der Waals surface area (Å²) >= 11 is 0. The Morgan fingerprint density at radius 3 is 2.40 bits per heavy atom. The number of nitrogens with one attached hydrogen (secondary N) is 1. The summed E-state index contributed by atoms with van der Waals surface area (Å²) in [6, 6.07) is 7.14. The zero-order valence-corrected chi connectivity index (χ0v) is 16.5. The predicted molar refractivity (Wildman–Crippen MR) is 105 cm³/mol. The van der Waals surface area contributed by atoms with Crippen LogP contribution < -0.4 is 10.9 Å². The van der Waals surface area contributed by atoms with Gasteiger partial charge in [0.25, 0.3) is 5.91 Å². The number of nitrogens with zero attached hydrogens (tertiary/aromatic N) is 1. The van der Waals surface area contributed by atoms with Crippen molar-refractivity contribution in [2.45, 2.75) is 32.9 Å². The van der Waals surface area contributed by atoms with Gasteiger partial charge in [0.15, 0.2) is 11.6 Å². The molecule has 0 unspecified atom stereocenters. The quantitative estimate of drug-likeness (QED) is 0.526. The first-order valence-electron chi connectivity index (χ1n) is 9.24. The van der Waals surface area contributed by atoms with Crippen LogP contribution in [0.15, 0.2) is 45.6 Å². The third-order valence-electron chi connectivity index (χ3n) is 5.54. The van der Waals surface area contributed by atoms with Gasteiger partial charge in [0.05, 0.1) is 6.54 Å². The van der Waals surface area contributed by atoms with Gasteiger partial charge in [0, 0.05) is 11.5 Å². The van der Waals surface area contributed by atoms with Crippen LogP contribution in [0.25, 0.3) is 11.0 Å². The van der Waals surface area contributed by atoms with Crippen molar-refractivity contribution in [1.29, 1.82) is 0 Å². The molecule has 4 rings (SSSR count). The number of benzene rings is 2. The van der Waals surface area contributed by atoms with Gasteiger partial charge < -0.3 is 9.73 Å². The van der Waals surface area contributed by atoms with Crippen LogP contribution in [0.5, 0.6) is 0 Å². The number of carbonyl (C=O) groups excluding carboxylic acids is 2. The van der Waals surface area contributed by atoms with E-state index >= 15 is 0 Å². The fraction of sp³-hybridized carbons (Fsp3) is 0.227. The molecule has 0 radical (unpaired) electrons. The Labute approximate surface area is 170 Å². The lowest BCUT2D eigenvalue weighted by Gasteiger charge is -2.22. The highest BCUT2D eigenvalue weighted by atomic mass is 19.2. The summed E-state index contributed by atoms with van der Waals surface area (Å²) in [5, 5.41) is 3.15. The molecule has 2 aromatic carbocycles. The molecule has 0 spiro atoms. The topological polar surface area (TPSA) is 79.6 Å². The molecular weight excluding hydrogens is 394 g/mol. The normalized spacial score (nSPS) is 18.9. The molecule has 30 heavy (non-hydrogen) atoms. The van der Waals surface area contributed by atoms with Gasteiger partial charge >= 0.3 is 11.7 Å². The second-order valence-corrected chi connectivity index (χ2v) is 7.60. The van der Waals surface area contributed by atoms with Crippen LogP contribution in [0.1, 0.15) is 29.2 Å². The Balaban J connectivity index is 1.75. The molecular formula is C22H18F2N2O4. The monoisotopic (exact) mass is 412 g/mol. The van der Waals surface area contributed by atoms with E-state index in [1.807, 2.05) is 19.9 Å². The third kappa shape index (κ3) is 3.04. The Morgan fingerprint density at radius 2 is 1.70 bits per heavy atom. The average molecular weight is 412 g/mol. The molecule has 8 heteroatoms. The lowest BCUT2D eigenvalue weighted by molar-refractivity contribution is -0.131. The van der Waals surface area contributed by atoms with Crippen molar-refractivity contribution in [3.05, 3.63) is 80.7 Å². The maximum atomic E-state index is 13.7. The Morgan fingerprint density at radius 1 is 1.00 bits per heavy atom. The minimum Gasteiger partial charge on any atom is -0.423 e. The Kier molecular flexibility index (Phi) is 4.45. The van der Waals surface area contributed by atoms with Gasteiger partial charge in [-0.15, -0.1) is 0 Å². The standard InChI is InChI=1S/C22H18F2N2O4/c1-11-6-15-13(8-19(27)30-18(15)7-12(11)2)10-26-20(28)22(3,25-21(26)29)14-4-5-16(23)17(24)9-14/h4-9H,10H2,1-3H3,(H,25,29)/t22-/m0/s1. The van der Waals surface area contributed by atoms with Gasteiger partial charge in [-0.25, -0.2) is 18.4 Å². The molecule has 1 saturated heterocycles. The molecule has 2 heterocycles. The summed E-state index contributed by atoms with van der Waals surface area (Å²) in [6.45, 7) is 5.03. The average Bonchev–Trinajstić information content (AvgIpc) is 2.89. The summed E-state index contributed by atoms with van der Waals surface area (Å²) < 4.78 is 32.3. The van der Waals surface area contributed by atoms with Crippen LogP contribution in [0, 0.1) is 25.5 Å². The number of rotatable bonds is 3. The summed E-state index contributed by atoms with van der Waals surface area (Å²) in [5.41, 5.74) is 0.652. The van der Waals surface area contributed by atoms with Crippen molar-refractivity contribution in [3.63, 3.8) is 0 Å². The number of carbonyl (C=O) groups is 2. The van der Waals surface area contributed by atoms with E-state index < -0.39 is 34.7 Å². The highest BCUT2D eigenvalue weighted by Gasteiger charge is 2.49. The number of imide groups is 1. The SMILES string of the molecule is Cc1cc2oc(=O)cc(CN3C(=O)N[C@@](C)(c4ccc(F)c(F)c4)C3=O)c2cc1C. The molecule has 154 valence electrons. The molecule has 3 aromatic rings. The van der Waals surface area contributed by atoms with E-state index in [2.05, 4.69) is 5.32 Å². The summed E-state index contributed by atoms with van der Waals surface area (Å²) in [5.74, 6) is -2.81. The molecule has 1 aromatic heterocycles. The van der Waals surface area contributed by atoms with Crippen LogP contribution in [-0.2, 0) is 16.9 Å². The molecule has 0 bridgehead atoms. The number of fused-ring (bicyclic) bond motifs is 1. The lowest BCUT2D eigenvalue weighted by Crippen LogP contribution is -2.41. The van der Waals surface area contributed by atoms with Crippen LogP contribution in [0.3, 0.4) is 0 Å². The summed E-state index contributed by atoms with van der Waals surface area (Å²) in [4.78, 5) is 38.7. The number of aryl methyl sites for hydroxylation is 2. The van der Waals surface area contributed by atoms with E-state index in [9.17, 15) is 23.2 Å². The molecule has 1 N–H and O–H groups in total. The van der Waals surface area contributed by atoms with E-state index in [0.29, 0.717) is 16.5 Å². The molecule has 1 fully saturated rings. The first-order valence-corrected chi connectivity index (χ1v) is 9.24. The molecule has 1 atom stereocenters. The van der Waals surface area contributed by atoms with Crippen molar-refractivity contribution < 1.29 is 22.8 Å². The second-order valence-electron chi connectivity index (χ2n) is 7.60. The van der Waals surface area contributed by atoms with Crippen LogP contribution in [0.4, 0.5) is 13.6 Å². The number of urea groups is 1. The summed E-state index contributed by atoms with van der Waals surface area (Å²) in [6.07, 6.45) is 0. The smallest absolute Gasteiger partial charge is 0.336 e. The minimum absolute atomic E-state index is 0.117. The van der Waals surface area contributed by atoms with Crippen LogP contribution >= 0.6 is 0 Å². The molecule has 0 saturated carbocycles. The second kappa shape index (κ2) is 6.76. The van der Waals surface area contributed by atoms with Crippen LogP contribution in [-0.4, -0.2) is 16.8 Å². The first kappa shape index (κ1) is 19.8. The van der Waals surface area contributed by atoms with Crippen molar-refractivity contribution in [2.24, 2.45) is 0 Å². The lowest BCUT2D eigenvalue weighted by atomic mass is 9.92. The van der Waals surface area contributed by atoms with Crippen molar-refractivity contribution in [1.82, 2.24) is 10.2 Å². The predicted octanol–water partition coefficient (Wildman–Crippen LogP) is 3.66. The number of amides is 3. The van der Waals surface area contributed by atoms with Gasteiger partial charge in [-0.3, -0.25) is 9.69 Å². The first-order chi connectivity index (χ1) is 14.1. The van der Waals surface area contributed by atoms with Crippen molar-refractivity contribution in [3.8, 4) is 0 Å². The van der Waals surface area contributed by atoms with Crippen LogP contribution in [0.2, 0.25) is 0 Å². The van der Waals surface area contributed by atoms with Gasteiger partial charge in [-0.1, -0.05) is 6.07 Å². The fourth-order valence-corrected chi connectivity index (χ4v) is 3.63. The number of halogens is 2. The third-order valence-corrected chi connectivity index (χ3v) is 5.54. The minimum atomic E-state index is -1.56. The van der Waals surface area contributed by atoms with Gasteiger partial charge in [0.2, 0.25) is 0 Å². The molecule has 6 nitrogen and oxygen atoms in total. The number of hydrogen-bond donors (Lipinski definition) is 1. The van der Waals surface area contributed by atoms with E-state index in [1.165, 1.54) is 19.1 Å². The van der Waals surface area contributed by atoms with E-state index in [0.717, 1.165) is 28.2 Å². The Hall–Kier alpha value is -3.55. The van der Waals surface area contributed by atoms with Crippen molar-refractivity contribution in [2.75, 3.05) is 0 Å². The molecule has 0 aliphatic carbocycles. The highest BCUT2D eigenvalue weighted by molar-refractivity contribution is 6.07. The molecule has 1 aliphatic rings. The zero-order valence-electron chi connectivity index (χ0n) is 16.5. The van der Waals surface area contributed by atoms with Gasteiger partial charge in [-0.2, -0.15) is 0 Å². The van der Waals surface area contributed by atoms with Crippen molar-refractivity contribution >= 4 is 22.9 Å². The molecule has 3 amide bonds. The van der Waals surface area contributed by atoms with E-state index in [4.69, 9.17) is 4.42 Å².